The van der Waals surface area contributed by atoms with Crippen molar-refractivity contribution in [3.8, 4) is 11.4 Å². The Morgan fingerprint density at radius 1 is 0.967 bits per heavy atom. The van der Waals surface area contributed by atoms with Gasteiger partial charge in [0.25, 0.3) is 0 Å². The topological polar surface area (TPSA) is 49.3 Å². The maximum absolute atomic E-state index is 13.1. The molecule has 5 nitrogen and oxygen atoms in total. The maximum atomic E-state index is 13.1. The molecule has 1 aliphatic rings. The van der Waals surface area contributed by atoms with E-state index in [9.17, 15) is 9.18 Å². The molecule has 0 bridgehead atoms. The third-order valence-corrected chi connectivity index (χ3v) is 5.23. The number of benzene rings is 2. The van der Waals surface area contributed by atoms with Gasteiger partial charge in [-0.15, -0.1) is 0 Å². The van der Waals surface area contributed by atoms with Gasteiger partial charge in [-0.25, -0.2) is 14.4 Å². The number of carbonyl (C=O) groups is 1. The Balaban J connectivity index is 1.40. The summed E-state index contributed by atoms with van der Waals surface area (Å²) in [6.07, 6.45) is 3.40. The van der Waals surface area contributed by atoms with Crippen LogP contribution in [0.3, 0.4) is 0 Å². The molecule has 0 unspecified atom stereocenters. The third kappa shape index (κ3) is 4.54. The molecular formula is C24H23FN4O. The molecule has 0 aliphatic carbocycles. The minimum Gasteiger partial charge on any atom is -0.353 e. The van der Waals surface area contributed by atoms with Crippen LogP contribution in [0, 0.1) is 5.82 Å². The van der Waals surface area contributed by atoms with Crippen molar-refractivity contribution in [3.05, 3.63) is 84.3 Å². The first-order valence-corrected chi connectivity index (χ1v) is 9.97. The Hall–Kier alpha value is -3.54. The molecule has 0 N–H and O–H groups in total. The quantitative estimate of drug-likeness (QED) is 0.618. The summed E-state index contributed by atoms with van der Waals surface area (Å²) < 4.78 is 13.1. The molecular weight excluding hydrogens is 379 g/mol. The molecule has 30 heavy (non-hydrogen) atoms. The summed E-state index contributed by atoms with van der Waals surface area (Å²) in [5.74, 6) is 1.26. The molecule has 3 aromatic rings. The van der Waals surface area contributed by atoms with Gasteiger partial charge in [0.2, 0.25) is 5.91 Å². The van der Waals surface area contributed by atoms with Crippen molar-refractivity contribution in [1.82, 2.24) is 14.9 Å². The molecule has 1 amide bonds. The van der Waals surface area contributed by atoms with Crippen molar-refractivity contribution in [3.63, 3.8) is 0 Å². The molecule has 2 heterocycles. The number of nitrogens with zero attached hydrogens (tertiary/aromatic N) is 4. The number of rotatable bonds is 4. The van der Waals surface area contributed by atoms with E-state index in [2.05, 4.69) is 9.88 Å². The van der Waals surface area contributed by atoms with Crippen molar-refractivity contribution in [2.24, 2.45) is 0 Å². The number of amides is 1. The van der Waals surface area contributed by atoms with Gasteiger partial charge in [0.15, 0.2) is 5.82 Å². The molecule has 1 aromatic heterocycles. The summed E-state index contributed by atoms with van der Waals surface area (Å²) in [6.45, 7) is 4.53. The van der Waals surface area contributed by atoms with E-state index in [0.29, 0.717) is 32.0 Å². The zero-order valence-corrected chi connectivity index (χ0v) is 16.8. The van der Waals surface area contributed by atoms with E-state index in [1.165, 1.54) is 12.1 Å². The van der Waals surface area contributed by atoms with Gasteiger partial charge in [0, 0.05) is 44.0 Å². The molecule has 152 valence electrons. The number of allylic oxidation sites excluding steroid dienone is 1. The standard InChI is InChI=1S/C24H23FN4O/c1-18(19-7-9-21(25)10-8-19)17-23(30)29-15-13-28(14-16-29)22-11-12-26-24(27-22)20-5-3-2-4-6-20/h2-12,17H,13-16H2,1H3/b18-17+. The lowest BCUT2D eigenvalue weighted by Gasteiger charge is -2.35. The Labute approximate surface area is 175 Å². The summed E-state index contributed by atoms with van der Waals surface area (Å²) in [5, 5.41) is 0. The van der Waals surface area contributed by atoms with Gasteiger partial charge in [-0.2, -0.15) is 0 Å². The van der Waals surface area contributed by atoms with E-state index in [1.54, 1.807) is 24.4 Å². The highest BCUT2D eigenvalue weighted by Gasteiger charge is 2.21. The average molecular weight is 402 g/mol. The Kier molecular flexibility index (Phi) is 5.84. The van der Waals surface area contributed by atoms with E-state index >= 15 is 0 Å². The highest BCUT2D eigenvalue weighted by molar-refractivity contribution is 5.95. The Bertz CT molecular complexity index is 1040. The van der Waals surface area contributed by atoms with Crippen molar-refractivity contribution in [1.29, 1.82) is 0 Å². The number of hydrogen-bond donors (Lipinski definition) is 0. The van der Waals surface area contributed by atoms with E-state index in [1.807, 2.05) is 48.2 Å². The lowest BCUT2D eigenvalue weighted by atomic mass is 10.1. The van der Waals surface area contributed by atoms with Gasteiger partial charge in [-0.05, 0) is 36.3 Å². The molecule has 0 saturated carbocycles. The van der Waals surface area contributed by atoms with Crippen LogP contribution in [0.5, 0.6) is 0 Å². The minimum absolute atomic E-state index is 0.0239. The lowest BCUT2D eigenvalue weighted by molar-refractivity contribution is -0.126. The average Bonchev–Trinajstić information content (AvgIpc) is 2.80. The van der Waals surface area contributed by atoms with Gasteiger partial charge in [-0.3, -0.25) is 4.79 Å². The fourth-order valence-corrected chi connectivity index (χ4v) is 3.48. The smallest absolute Gasteiger partial charge is 0.246 e. The van der Waals surface area contributed by atoms with Crippen molar-refractivity contribution in [2.75, 3.05) is 31.1 Å². The van der Waals surface area contributed by atoms with E-state index in [-0.39, 0.29) is 11.7 Å². The number of hydrogen-bond acceptors (Lipinski definition) is 4. The molecule has 0 radical (unpaired) electrons. The van der Waals surface area contributed by atoms with Gasteiger partial charge >= 0.3 is 0 Å². The van der Waals surface area contributed by atoms with Crippen LogP contribution in [-0.4, -0.2) is 47.0 Å². The van der Waals surface area contributed by atoms with Crippen LogP contribution >= 0.6 is 0 Å². The van der Waals surface area contributed by atoms with Crippen molar-refractivity contribution < 1.29 is 9.18 Å². The highest BCUT2D eigenvalue weighted by Crippen LogP contribution is 2.20. The molecule has 1 aliphatic heterocycles. The summed E-state index contributed by atoms with van der Waals surface area (Å²) in [5.41, 5.74) is 2.65. The fourth-order valence-electron chi connectivity index (χ4n) is 3.48. The highest BCUT2D eigenvalue weighted by atomic mass is 19.1. The molecule has 1 saturated heterocycles. The van der Waals surface area contributed by atoms with Gasteiger partial charge < -0.3 is 9.80 Å². The number of carbonyl (C=O) groups excluding carboxylic acids is 1. The van der Waals surface area contributed by atoms with Crippen molar-refractivity contribution >= 4 is 17.3 Å². The normalized spacial score (nSPS) is 14.7. The summed E-state index contributed by atoms with van der Waals surface area (Å²) in [6, 6.07) is 18.0. The van der Waals surface area contributed by atoms with E-state index in [0.717, 1.165) is 22.5 Å². The van der Waals surface area contributed by atoms with Gasteiger partial charge in [0.05, 0.1) is 0 Å². The molecule has 1 fully saturated rings. The number of halogens is 1. The Morgan fingerprint density at radius 2 is 1.67 bits per heavy atom. The van der Waals surface area contributed by atoms with E-state index < -0.39 is 0 Å². The van der Waals surface area contributed by atoms with Crippen LogP contribution in [0.2, 0.25) is 0 Å². The van der Waals surface area contributed by atoms with Gasteiger partial charge in [-0.1, -0.05) is 42.5 Å². The predicted octanol–water partition coefficient (Wildman–Crippen LogP) is 4.03. The third-order valence-electron chi connectivity index (χ3n) is 5.23. The van der Waals surface area contributed by atoms with Gasteiger partial charge in [0.1, 0.15) is 11.6 Å². The van der Waals surface area contributed by atoms with E-state index in [4.69, 9.17) is 4.98 Å². The first kappa shape index (κ1) is 19.8. The maximum Gasteiger partial charge on any atom is 0.246 e. The zero-order chi connectivity index (χ0) is 20.9. The minimum atomic E-state index is -0.283. The summed E-state index contributed by atoms with van der Waals surface area (Å²) >= 11 is 0. The van der Waals surface area contributed by atoms with Crippen LogP contribution in [-0.2, 0) is 4.79 Å². The monoisotopic (exact) mass is 402 g/mol. The summed E-state index contributed by atoms with van der Waals surface area (Å²) in [4.78, 5) is 25.8. The zero-order valence-electron chi connectivity index (χ0n) is 16.8. The van der Waals surface area contributed by atoms with Crippen molar-refractivity contribution in [2.45, 2.75) is 6.92 Å². The van der Waals surface area contributed by atoms with Crippen LogP contribution in [0.4, 0.5) is 10.2 Å². The molecule has 0 spiro atoms. The fraction of sp³-hybridized carbons (Fsp3) is 0.208. The first-order chi connectivity index (χ1) is 14.6. The number of piperazine rings is 1. The molecule has 6 heteroatoms. The Morgan fingerprint density at radius 3 is 2.37 bits per heavy atom. The number of aromatic nitrogens is 2. The summed E-state index contributed by atoms with van der Waals surface area (Å²) in [7, 11) is 0. The molecule has 2 aromatic carbocycles. The second-order valence-electron chi connectivity index (χ2n) is 7.25. The predicted molar refractivity (Wildman–Crippen MR) is 116 cm³/mol. The number of anilines is 1. The largest absolute Gasteiger partial charge is 0.353 e. The molecule has 0 atom stereocenters. The van der Waals surface area contributed by atoms with Crippen LogP contribution in [0.25, 0.3) is 17.0 Å². The van der Waals surface area contributed by atoms with Crippen LogP contribution in [0.15, 0.2) is 72.9 Å². The van der Waals surface area contributed by atoms with Crippen LogP contribution in [0.1, 0.15) is 12.5 Å². The van der Waals surface area contributed by atoms with Crippen LogP contribution < -0.4 is 4.90 Å². The second kappa shape index (κ2) is 8.86. The second-order valence-corrected chi connectivity index (χ2v) is 7.25. The lowest BCUT2D eigenvalue weighted by Crippen LogP contribution is -2.48. The molecule has 4 rings (SSSR count). The SMILES string of the molecule is C/C(=C\C(=O)N1CCN(c2ccnc(-c3ccccc3)n2)CC1)c1ccc(F)cc1. The first-order valence-electron chi connectivity index (χ1n) is 9.97.